The Hall–Kier alpha value is -4.78. The minimum atomic E-state index is -3.89. The SMILES string of the molecule is [N-]=[N+]=Nc1ccc2c3c(cccc13)C(=O)N(CC(=O)OCC(=O)Nc1ccc(S(N)(=O)=O)cc1)C2=O. The normalized spacial score (nSPS) is 12.8. The lowest BCUT2D eigenvalue weighted by Crippen LogP contribution is -2.44. The number of imide groups is 1. The third kappa shape index (κ3) is 4.72. The van der Waals surface area contributed by atoms with E-state index in [9.17, 15) is 27.6 Å². The first-order valence-electron chi connectivity index (χ1n) is 10.2. The summed E-state index contributed by atoms with van der Waals surface area (Å²) in [5.74, 6) is -3.22. The zero-order chi connectivity index (χ0) is 26.0. The molecule has 3 aromatic rings. The zero-order valence-corrected chi connectivity index (χ0v) is 19.1. The zero-order valence-electron chi connectivity index (χ0n) is 18.2. The van der Waals surface area contributed by atoms with Crippen molar-refractivity contribution in [1.82, 2.24) is 4.90 Å². The third-order valence-corrected chi connectivity index (χ3v) is 6.17. The molecule has 3 amide bonds. The van der Waals surface area contributed by atoms with Gasteiger partial charge in [-0.3, -0.25) is 24.1 Å². The van der Waals surface area contributed by atoms with Crippen molar-refractivity contribution >= 4 is 55.9 Å². The Kier molecular flexibility index (Phi) is 6.40. The number of nitrogens with two attached hydrogens (primary N) is 1. The molecule has 182 valence electrons. The second-order valence-electron chi connectivity index (χ2n) is 7.52. The monoisotopic (exact) mass is 508 g/mol. The van der Waals surface area contributed by atoms with E-state index in [-0.39, 0.29) is 27.4 Å². The van der Waals surface area contributed by atoms with Gasteiger partial charge in [-0.1, -0.05) is 23.3 Å². The molecule has 0 bridgehead atoms. The number of hydrogen-bond donors (Lipinski definition) is 2. The number of nitrogens with one attached hydrogen (secondary N) is 1. The summed E-state index contributed by atoms with van der Waals surface area (Å²) in [6, 6.07) is 12.5. The number of anilines is 1. The highest BCUT2D eigenvalue weighted by molar-refractivity contribution is 7.89. The molecule has 0 atom stereocenters. The average molecular weight is 508 g/mol. The Labute approximate surface area is 203 Å². The van der Waals surface area contributed by atoms with E-state index in [0.717, 1.165) is 0 Å². The predicted octanol–water partition coefficient (Wildman–Crippen LogP) is 2.21. The lowest BCUT2D eigenvalue weighted by Gasteiger charge is -2.26. The van der Waals surface area contributed by atoms with Crippen molar-refractivity contribution in [2.45, 2.75) is 4.90 Å². The average Bonchev–Trinajstić information content (AvgIpc) is 2.84. The summed E-state index contributed by atoms with van der Waals surface area (Å²) in [4.78, 5) is 53.6. The van der Waals surface area contributed by atoms with Crippen molar-refractivity contribution in [3.8, 4) is 0 Å². The van der Waals surface area contributed by atoms with Crippen LogP contribution in [0.2, 0.25) is 0 Å². The van der Waals surface area contributed by atoms with Crippen molar-refractivity contribution in [3.05, 3.63) is 76.2 Å². The highest BCUT2D eigenvalue weighted by atomic mass is 32.2. The standard InChI is InChI=1S/C22H16N6O7S/c23-27-26-17-9-8-16-20-14(17)2-1-3-15(20)21(31)28(22(16)32)10-19(30)35-11-18(29)25-12-4-6-13(7-5-12)36(24,33)34/h1-9H,10-11H2,(H,25,29)(H2,24,33,34). The van der Waals surface area contributed by atoms with Crippen molar-refractivity contribution in [2.75, 3.05) is 18.5 Å². The van der Waals surface area contributed by atoms with Crippen molar-refractivity contribution in [3.63, 3.8) is 0 Å². The van der Waals surface area contributed by atoms with Crippen LogP contribution in [-0.2, 0) is 24.3 Å². The smallest absolute Gasteiger partial charge is 0.326 e. The maximum absolute atomic E-state index is 13.0. The summed E-state index contributed by atoms with van der Waals surface area (Å²) >= 11 is 0. The second kappa shape index (κ2) is 9.46. The van der Waals surface area contributed by atoms with Crippen molar-refractivity contribution in [1.29, 1.82) is 0 Å². The van der Waals surface area contributed by atoms with E-state index in [0.29, 0.717) is 15.7 Å². The third-order valence-electron chi connectivity index (χ3n) is 5.24. The van der Waals surface area contributed by atoms with Crippen LogP contribution in [0.1, 0.15) is 20.7 Å². The molecule has 0 saturated heterocycles. The largest absolute Gasteiger partial charge is 0.454 e. The van der Waals surface area contributed by atoms with Gasteiger partial charge in [0.2, 0.25) is 10.0 Å². The van der Waals surface area contributed by atoms with Gasteiger partial charge in [-0.05, 0) is 47.3 Å². The topological polar surface area (TPSA) is 202 Å². The van der Waals surface area contributed by atoms with Crippen LogP contribution in [0, 0.1) is 0 Å². The van der Waals surface area contributed by atoms with E-state index in [1.165, 1.54) is 42.5 Å². The van der Waals surface area contributed by atoms with Crippen LogP contribution in [0.25, 0.3) is 21.2 Å². The van der Waals surface area contributed by atoms with E-state index in [4.69, 9.17) is 15.4 Å². The summed E-state index contributed by atoms with van der Waals surface area (Å²) in [7, 11) is -3.89. The van der Waals surface area contributed by atoms with Gasteiger partial charge < -0.3 is 10.1 Å². The number of ether oxygens (including phenoxy) is 1. The molecule has 1 aliphatic rings. The molecule has 4 rings (SSSR count). The van der Waals surface area contributed by atoms with E-state index in [1.807, 2.05) is 0 Å². The molecular formula is C22H16N6O7S. The summed E-state index contributed by atoms with van der Waals surface area (Å²) < 4.78 is 27.5. The van der Waals surface area contributed by atoms with Crippen LogP contribution in [0.5, 0.6) is 0 Å². The van der Waals surface area contributed by atoms with Crippen LogP contribution in [-0.4, -0.2) is 50.2 Å². The minimum absolute atomic E-state index is 0.144. The highest BCUT2D eigenvalue weighted by Crippen LogP contribution is 2.35. The molecular weight excluding hydrogens is 492 g/mol. The number of esters is 1. The van der Waals surface area contributed by atoms with E-state index in [1.54, 1.807) is 12.1 Å². The van der Waals surface area contributed by atoms with Gasteiger partial charge in [0.1, 0.15) is 6.54 Å². The second-order valence-corrected chi connectivity index (χ2v) is 9.09. The lowest BCUT2D eigenvalue weighted by atomic mass is 9.93. The number of carbonyl (C=O) groups is 4. The number of rotatable bonds is 7. The lowest BCUT2D eigenvalue weighted by molar-refractivity contribution is -0.147. The number of hydrogen-bond acceptors (Lipinski definition) is 8. The first-order chi connectivity index (χ1) is 17.1. The van der Waals surface area contributed by atoms with E-state index in [2.05, 4.69) is 15.3 Å². The summed E-state index contributed by atoms with van der Waals surface area (Å²) in [5, 5.41) is 11.7. The van der Waals surface area contributed by atoms with Gasteiger partial charge in [-0.25, -0.2) is 13.6 Å². The summed E-state index contributed by atoms with van der Waals surface area (Å²) in [6.07, 6.45) is 0. The number of carbonyl (C=O) groups excluding carboxylic acids is 4. The van der Waals surface area contributed by atoms with Crippen LogP contribution < -0.4 is 10.5 Å². The Morgan fingerprint density at radius 3 is 2.33 bits per heavy atom. The minimum Gasteiger partial charge on any atom is -0.454 e. The fraction of sp³-hybridized carbons (Fsp3) is 0.0909. The Bertz CT molecular complexity index is 1570. The molecule has 0 radical (unpaired) electrons. The van der Waals surface area contributed by atoms with Gasteiger partial charge in [0, 0.05) is 32.8 Å². The highest BCUT2D eigenvalue weighted by Gasteiger charge is 2.34. The fourth-order valence-corrected chi connectivity index (χ4v) is 4.17. The van der Waals surface area contributed by atoms with Gasteiger partial charge in [-0.15, -0.1) is 0 Å². The van der Waals surface area contributed by atoms with E-state index < -0.39 is 46.9 Å². The Balaban J connectivity index is 1.42. The van der Waals surface area contributed by atoms with Gasteiger partial charge in [-0.2, -0.15) is 0 Å². The van der Waals surface area contributed by atoms with E-state index >= 15 is 0 Å². The number of azide groups is 1. The van der Waals surface area contributed by atoms with Crippen molar-refractivity contribution < 1.29 is 32.3 Å². The fourth-order valence-electron chi connectivity index (χ4n) is 3.66. The number of sulfonamides is 1. The summed E-state index contributed by atoms with van der Waals surface area (Å²) in [6.45, 7) is -1.45. The van der Waals surface area contributed by atoms with Crippen LogP contribution in [0.3, 0.4) is 0 Å². The molecule has 1 heterocycles. The van der Waals surface area contributed by atoms with Crippen LogP contribution in [0.4, 0.5) is 11.4 Å². The van der Waals surface area contributed by atoms with Gasteiger partial charge in [0.25, 0.3) is 17.7 Å². The number of amides is 3. The van der Waals surface area contributed by atoms with Gasteiger partial charge >= 0.3 is 5.97 Å². The number of benzene rings is 3. The van der Waals surface area contributed by atoms with Gasteiger partial charge in [0.05, 0.1) is 4.90 Å². The first-order valence-corrected chi connectivity index (χ1v) is 11.7. The molecule has 3 aromatic carbocycles. The number of nitrogens with zero attached hydrogens (tertiary/aromatic N) is 4. The quantitative estimate of drug-likeness (QED) is 0.160. The van der Waals surface area contributed by atoms with Gasteiger partial charge in [0.15, 0.2) is 6.61 Å². The molecule has 3 N–H and O–H groups in total. The van der Waals surface area contributed by atoms with Crippen molar-refractivity contribution in [2.24, 2.45) is 10.3 Å². The Morgan fingerprint density at radius 1 is 1.03 bits per heavy atom. The number of primary sulfonamides is 1. The molecule has 0 spiro atoms. The molecule has 13 nitrogen and oxygen atoms in total. The summed E-state index contributed by atoms with van der Waals surface area (Å²) in [5.41, 5.74) is 9.52. The molecule has 0 fully saturated rings. The molecule has 0 aromatic heterocycles. The molecule has 1 aliphatic heterocycles. The molecule has 0 unspecified atom stereocenters. The molecule has 0 aliphatic carbocycles. The van der Waals surface area contributed by atoms with Crippen LogP contribution in [0.15, 0.2) is 64.6 Å². The first kappa shape index (κ1) is 24.3. The Morgan fingerprint density at radius 2 is 1.69 bits per heavy atom. The maximum atomic E-state index is 13.0. The maximum Gasteiger partial charge on any atom is 0.326 e. The molecule has 14 heteroatoms. The molecule has 0 saturated carbocycles. The van der Waals surface area contributed by atoms with Crippen LogP contribution >= 0.6 is 0 Å². The molecule has 36 heavy (non-hydrogen) atoms. The predicted molar refractivity (Wildman–Crippen MR) is 126 cm³/mol.